The van der Waals surface area contributed by atoms with E-state index in [0.29, 0.717) is 0 Å². The summed E-state index contributed by atoms with van der Waals surface area (Å²) in [4.78, 5) is 23.3. The molecule has 0 spiro atoms. The van der Waals surface area contributed by atoms with Crippen molar-refractivity contribution in [1.29, 1.82) is 0 Å². The summed E-state index contributed by atoms with van der Waals surface area (Å²) in [5, 5.41) is 10.3. The summed E-state index contributed by atoms with van der Waals surface area (Å²) in [7, 11) is -6.87. The molecule has 4 aromatic rings. The fraction of sp³-hybridized carbons (Fsp3) is 0.500. The van der Waals surface area contributed by atoms with Gasteiger partial charge in [0, 0.05) is 35.9 Å². The SMILES string of the molecule is C.CC(C)n1ccc(S(=O)(=O)NC(=O)Nc2c3c(cc4c2CCC4)CCC3)n1.COC(=O)NS(=O)(=O)c1ccn(C(C)C)n1.Nc1c2c(cc3c1CCC3)CCC2. The Balaban J connectivity index is 0.000000176. The number of sulfonamides is 2. The molecule has 2 aromatic heterocycles. The molecule has 8 rings (SSSR count). The lowest BCUT2D eigenvalue weighted by molar-refractivity contribution is 0.177. The Labute approximate surface area is 336 Å². The number of methoxy groups -OCH3 is 1. The van der Waals surface area contributed by atoms with Gasteiger partial charge in [0.25, 0.3) is 20.0 Å². The Hall–Kier alpha value is -4.90. The van der Waals surface area contributed by atoms with Crippen LogP contribution in [-0.4, -0.2) is 55.6 Å². The molecular formula is C40H56N8O7S2. The lowest BCUT2D eigenvalue weighted by Gasteiger charge is -2.16. The van der Waals surface area contributed by atoms with Crippen molar-refractivity contribution < 1.29 is 31.2 Å². The second-order valence-electron chi connectivity index (χ2n) is 15.1. The van der Waals surface area contributed by atoms with E-state index in [1.807, 2.05) is 27.7 Å². The van der Waals surface area contributed by atoms with Gasteiger partial charge in [0.05, 0.1) is 7.11 Å². The van der Waals surface area contributed by atoms with Crippen molar-refractivity contribution in [3.63, 3.8) is 0 Å². The van der Waals surface area contributed by atoms with Crippen molar-refractivity contribution in [2.24, 2.45) is 0 Å². The minimum Gasteiger partial charge on any atom is -0.452 e. The topological polar surface area (TPSA) is 209 Å². The Bertz CT molecular complexity index is 2280. The first-order chi connectivity index (χ1) is 26.6. The number of benzene rings is 2. The number of carbonyl (C=O) groups excluding carboxylic acids is 2. The van der Waals surface area contributed by atoms with Crippen molar-refractivity contribution in [2.45, 2.75) is 134 Å². The number of ether oxygens (including phenoxy) is 1. The molecule has 310 valence electrons. The molecular weight excluding hydrogens is 769 g/mol. The van der Waals surface area contributed by atoms with Gasteiger partial charge in [-0.1, -0.05) is 19.6 Å². The van der Waals surface area contributed by atoms with Crippen LogP contribution in [0.4, 0.5) is 21.0 Å². The molecule has 0 bridgehead atoms. The molecule has 0 saturated carbocycles. The number of hydrogen-bond acceptors (Lipinski definition) is 10. The second kappa shape index (κ2) is 17.7. The van der Waals surface area contributed by atoms with Crippen LogP contribution in [0.5, 0.6) is 0 Å². The Kier molecular flexibility index (Phi) is 13.4. The van der Waals surface area contributed by atoms with Gasteiger partial charge in [-0.05, 0) is 161 Å². The lowest BCUT2D eigenvalue weighted by atomic mass is 9.99. The van der Waals surface area contributed by atoms with Crippen molar-refractivity contribution in [3.8, 4) is 0 Å². The first-order valence-electron chi connectivity index (χ1n) is 19.2. The second-order valence-corrected chi connectivity index (χ2v) is 18.4. The van der Waals surface area contributed by atoms with Crippen LogP contribution >= 0.6 is 0 Å². The molecule has 4 aliphatic rings. The number of urea groups is 1. The van der Waals surface area contributed by atoms with Gasteiger partial charge in [0.2, 0.25) is 0 Å². The summed E-state index contributed by atoms with van der Waals surface area (Å²) in [6.45, 7) is 7.52. The zero-order valence-corrected chi connectivity index (χ0v) is 34.3. The van der Waals surface area contributed by atoms with E-state index in [0.717, 1.165) is 68.1 Å². The molecule has 0 saturated heterocycles. The largest absolute Gasteiger partial charge is 0.452 e. The number of anilines is 2. The Morgan fingerprint density at radius 2 is 1.05 bits per heavy atom. The number of rotatable bonds is 7. The minimum absolute atomic E-state index is 0. The summed E-state index contributed by atoms with van der Waals surface area (Å²) in [6, 6.07) is 6.74. The zero-order chi connectivity index (χ0) is 40.4. The van der Waals surface area contributed by atoms with E-state index in [9.17, 15) is 26.4 Å². The molecule has 0 aliphatic heterocycles. The number of aryl methyl sites for hydroxylation is 4. The summed E-state index contributed by atoms with van der Waals surface area (Å²) >= 11 is 0. The fourth-order valence-corrected chi connectivity index (χ4v) is 9.54. The molecule has 0 fully saturated rings. The summed E-state index contributed by atoms with van der Waals surface area (Å²) in [5.74, 6) is 0. The zero-order valence-electron chi connectivity index (χ0n) is 32.6. The molecule has 2 heterocycles. The third-order valence-electron chi connectivity index (χ3n) is 10.6. The van der Waals surface area contributed by atoms with E-state index in [-0.39, 0.29) is 29.6 Å². The number of fused-ring (bicyclic) bond motifs is 4. The number of nitrogens with two attached hydrogens (primary N) is 1. The number of hydrogen-bond donors (Lipinski definition) is 4. The van der Waals surface area contributed by atoms with Gasteiger partial charge in [-0.2, -0.15) is 27.0 Å². The molecule has 2 aromatic carbocycles. The van der Waals surface area contributed by atoms with Crippen molar-refractivity contribution in [3.05, 3.63) is 81.2 Å². The maximum absolute atomic E-state index is 12.5. The summed E-state index contributed by atoms with van der Waals surface area (Å²) < 4.78 is 59.1. The third kappa shape index (κ3) is 9.63. The highest BCUT2D eigenvalue weighted by molar-refractivity contribution is 7.90. The molecule has 17 heteroatoms. The quantitative estimate of drug-likeness (QED) is 0.152. The highest BCUT2D eigenvalue weighted by Gasteiger charge is 2.28. The number of nitrogens with zero attached hydrogens (tertiary/aromatic N) is 4. The van der Waals surface area contributed by atoms with Gasteiger partial charge in [-0.25, -0.2) is 19.0 Å². The standard InChI is InChI=1S/C19H24N4O3S.C12H15N.C8H13N3O4S.CH4/c1-12(2)23-10-9-17(21-23)27(25,26)22-19(24)20-18-15-7-3-5-13(15)11-14-6-4-8-16(14)18;13-12-10-5-1-3-8(10)7-9-4-2-6-11(9)12;1-6(2)11-5-4-7(9-11)16(13,14)10-8(12)15-3;/h9-12H,3-8H2,1-2H3,(H2,20,22,24);7H,1-6,13H2;4-6H,1-3H3,(H,10,12);1H4. The van der Waals surface area contributed by atoms with Crippen LogP contribution in [-0.2, 0) is 76.2 Å². The van der Waals surface area contributed by atoms with E-state index < -0.39 is 32.2 Å². The van der Waals surface area contributed by atoms with Crippen LogP contribution in [0.3, 0.4) is 0 Å². The maximum atomic E-state index is 12.5. The average molecular weight is 825 g/mol. The van der Waals surface area contributed by atoms with Gasteiger partial charge >= 0.3 is 12.1 Å². The maximum Gasteiger partial charge on any atom is 0.420 e. The molecule has 15 nitrogen and oxygen atoms in total. The molecule has 0 atom stereocenters. The number of amides is 3. The number of carbonyl (C=O) groups is 2. The van der Waals surface area contributed by atoms with Gasteiger partial charge in [0.1, 0.15) is 0 Å². The van der Waals surface area contributed by atoms with E-state index in [2.05, 4.69) is 37.1 Å². The predicted molar refractivity (Wildman–Crippen MR) is 219 cm³/mol. The van der Waals surface area contributed by atoms with Crippen LogP contribution in [0.25, 0.3) is 0 Å². The van der Waals surface area contributed by atoms with E-state index in [4.69, 9.17) is 5.73 Å². The smallest absolute Gasteiger partial charge is 0.420 e. The molecule has 3 amide bonds. The van der Waals surface area contributed by atoms with Crippen molar-refractivity contribution in [1.82, 2.24) is 29.0 Å². The summed E-state index contributed by atoms with van der Waals surface area (Å²) in [5.41, 5.74) is 19.1. The van der Waals surface area contributed by atoms with E-state index >= 15 is 0 Å². The number of nitrogen functional groups attached to an aromatic ring is 1. The van der Waals surface area contributed by atoms with Gasteiger partial charge < -0.3 is 15.8 Å². The molecule has 57 heavy (non-hydrogen) atoms. The third-order valence-corrected chi connectivity index (χ3v) is 13.1. The van der Waals surface area contributed by atoms with Crippen molar-refractivity contribution in [2.75, 3.05) is 18.2 Å². The van der Waals surface area contributed by atoms with Gasteiger partial charge in [-0.3, -0.25) is 9.36 Å². The minimum atomic E-state index is -4.01. The van der Waals surface area contributed by atoms with Crippen LogP contribution in [0.2, 0.25) is 0 Å². The lowest BCUT2D eigenvalue weighted by Crippen LogP contribution is -2.35. The van der Waals surface area contributed by atoms with E-state index in [1.54, 1.807) is 15.6 Å². The average Bonchev–Trinajstić information content (AvgIpc) is 3.99. The van der Waals surface area contributed by atoms with E-state index in [1.165, 1.54) is 94.9 Å². The first kappa shape index (κ1) is 43.2. The first-order valence-corrected chi connectivity index (χ1v) is 22.2. The van der Waals surface area contributed by atoms with Crippen LogP contribution < -0.4 is 20.5 Å². The number of nitrogens with one attached hydrogen (secondary N) is 3. The molecule has 0 radical (unpaired) electrons. The Morgan fingerprint density at radius 3 is 1.44 bits per heavy atom. The van der Waals surface area contributed by atoms with Crippen LogP contribution in [0.1, 0.15) is 117 Å². The fourth-order valence-electron chi connectivity index (χ4n) is 7.85. The molecule has 5 N–H and O–H groups in total. The molecule has 0 unspecified atom stereocenters. The monoisotopic (exact) mass is 824 g/mol. The molecule has 4 aliphatic carbocycles. The predicted octanol–water partition coefficient (Wildman–Crippen LogP) is 6.34. The van der Waals surface area contributed by atoms with Crippen LogP contribution in [0.15, 0.2) is 46.7 Å². The van der Waals surface area contributed by atoms with Crippen LogP contribution in [0, 0.1) is 0 Å². The Morgan fingerprint density at radius 1 is 0.667 bits per heavy atom. The number of aromatic nitrogens is 4. The highest BCUT2D eigenvalue weighted by Crippen LogP contribution is 2.39. The van der Waals surface area contributed by atoms with Crippen molar-refractivity contribution >= 4 is 43.5 Å². The normalized spacial score (nSPS) is 14.9. The summed E-state index contributed by atoms with van der Waals surface area (Å²) in [6.07, 6.45) is 15.7. The highest BCUT2D eigenvalue weighted by atomic mass is 32.2. The van der Waals surface area contributed by atoms with Gasteiger partial charge in [-0.15, -0.1) is 0 Å². The van der Waals surface area contributed by atoms with Gasteiger partial charge in [0.15, 0.2) is 10.1 Å².